The van der Waals surface area contributed by atoms with Crippen LogP contribution in [0.15, 0.2) is 54.6 Å². The summed E-state index contributed by atoms with van der Waals surface area (Å²) in [5.41, 5.74) is 1.08. The van der Waals surface area contributed by atoms with Gasteiger partial charge in [-0.1, -0.05) is 36.4 Å². The van der Waals surface area contributed by atoms with E-state index in [4.69, 9.17) is 0 Å². The molecule has 0 N–H and O–H groups in total. The second-order valence-electron chi connectivity index (χ2n) is 5.44. The van der Waals surface area contributed by atoms with Gasteiger partial charge < -0.3 is 14.4 Å². The van der Waals surface area contributed by atoms with Gasteiger partial charge in [0, 0.05) is 18.7 Å². The van der Waals surface area contributed by atoms with E-state index in [0.717, 1.165) is 5.56 Å². The van der Waals surface area contributed by atoms with Crippen molar-refractivity contribution in [1.29, 1.82) is 0 Å². The van der Waals surface area contributed by atoms with Crippen LogP contribution in [0.4, 0.5) is 8.78 Å². The molecule has 0 aliphatic heterocycles. The van der Waals surface area contributed by atoms with Crippen LogP contribution in [-0.2, 0) is 16.1 Å². The van der Waals surface area contributed by atoms with Crippen molar-refractivity contribution in [3.8, 4) is 5.75 Å². The number of methoxy groups -OCH3 is 1. The second kappa shape index (κ2) is 9.50. The van der Waals surface area contributed by atoms with Gasteiger partial charge in [-0.15, -0.1) is 0 Å². The summed E-state index contributed by atoms with van der Waals surface area (Å²) < 4.78 is 33.7. The Morgan fingerprint density at radius 3 is 2.46 bits per heavy atom. The molecule has 2 rings (SSSR count). The Balaban J connectivity index is 2.19. The van der Waals surface area contributed by atoms with E-state index in [1.165, 1.54) is 36.3 Å². The lowest BCUT2D eigenvalue weighted by Crippen LogP contribution is -2.32. The maximum Gasteiger partial charge on any atom is 0.387 e. The van der Waals surface area contributed by atoms with E-state index in [-0.39, 0.29) is 30.8 Å². The van der Waals surface area contributed by atoms with Crippen molar-refractivity contribution in [3.63, 3.8) is 0 Å². The van der Waals surface area contributed by atoms with Crippen LogP contribution < -0.4 is 4.74 Å². The van der Waals surface area contributed by atoms with Crippen LogP contribution in [0.5, 0.6) is 5.75 Å². The van der Waals surface area contributed by atoms with Gasteiger partial charge in [0.15, 0.2) is 0 Å². The van der Waals surface area contributed by atoms with Gasteiger partial charge in [-0.05, 0) is 23.8 Å². The summed E-state index contributed by atoms with van der Waals surface area (Å²) in [5, 5.41) is 0. The van der Waals surface area contributed by atoms with Gasteiger partial charge in [0.1, 0.15) is 5.75 Å². The fourth-order valence-electron chi connectivity index (χ4n) is 2.37. The van der Waals surface area contributed by atoms with Crippen molar-refractivity contribution < 1.29 is 27.8 Å². The molecular weight excluding hydrogens is 344 g/mol. The Bertz CT molecular complexity index is 737. The third kappa shape index (κ3) is 5.84. The number of esters is 1. The summed E-state index contributed by atoms with van der Waals surface area (Å²) in [6.45, 7) is -2.56. The van der Waals surface area contributed by atoms with E-state index in [0.29, 0.717) is 0 Å². The van der Waals surface area contributed by atoms with E-state index in [2.05, 4.69) is 9.47 Å². The van der Waals surface area contributed by atoms with Gasteiger partial charge >= 0.3 is 12.6 Å². The summed E-state index contributed by atoms with van der Waals surface area (Å²) in [7, 11) is 1.27. The highest BCUT2D eigenvalue weighted by Crippen LogP contribution is 2.18. The van der Waals surface area contributed by atoms with Gasteiger partial charge in [0.05, 0.1) is 13.5 Å². The highest BCUT2D eigenvalue weighted by molar-refractivity contribution is 5.94. The number of rotatable bonds is 8. The second-order valence-corrected chi connectivity index (χ2v) is 5.44. The van der Waals surface area contributed by atoms with Gasteiger partial charge in [-0.3, -0.25) is 9.59 Å². The SMILES string of the molecule is COC(=O)CCN(Cc1ccccc1)C(=O)c1cccc(OC(F)F)c1. The van der Waals surface area contributed by atoms with Crippen molar-refractivity contribution in [2.24, 2.45) is 0 Å². The van der Waals surface area contributed by atoms with Crippen molar-refractivity contribution in [1.82, 2.24) is 4.90 Å². The number of amides is 1. The first-order chi connectivity index (χ1) is 12.5. The monoisotopic (exact) mass is 363 g/mol. The minimum atomic E-state index is -2.97. The largest absolute Gasteiger partial charge is 0.469 e. The van der Waals surface area contributed by atoms with Gasteiger partial charge in [0.25, 0.3) is 5.91 Å². The first-order valence-corrected chi connectivity index (χ1v) is 7.94. The number of carbonyl (C=O) groups is 2. The number of ether oxygens (including phenoxy) is 2. The minimum Gasteiger partial charge on any atom is -0.469 e. The Morgan fingerprint density at radius 1 is 1.08 bits per heavy atom. The number of hydrogen-bond acceptors (Lipinski definition) is 4. The highest BCUT2D eigenvalue weighted by Gasteiger charge is 2.18. The minimum absolute atomic E-state index is 0.0301. The third-order valence-electron chi connectivity index (χ3n) is 3.62. The third-order valence-corrected chi connectivity index (χ3v) is 3.62. The van der Waals surface area contributed by atoms with Crippen LogP contribution in [0.3, 0.4) is 0 Å². The molecule has 0 radical (unpaired) electrons. The lowest BCUT2D eigenvalue weighted by molar-refractivity contribution is -0.140. The van der Waals surface area contributed by atoms with Crippen LogP contribution in [0.2, 0.25) is 0 Å². The Kier molecular flexibility index (Phi) is 7.08. The zero-order chi connectivity index (χ0) is 18.9. The molecule has 0 aromatic heterocycles. The molecule has 2 aromatic carbocycles. The lowest BCUT2D eigenvalue weighted by Gasteiger charge is -2.23. The molecule has 0 unspecified atom stereocenters. The molecule has 0 fully saturated rings. The van der Waals surface area contributed by atoms with Crippen molar-refractivity contribution in [3.05, 3.63) is 65.7 Å². The number of halogens is 2. The van der Waals surface area contributed by atoms with Crippen molar-refractivity contribution >= 4 is 11.9 Å². The van der Waals surface area contributed by atoms with Crippen molar-refractivity contribution in [2.75, 3.05) is 13.7 Å². The summed E-state index contributed by atoms with van der Waals surface area (Å²) in [4.78, 5) is 25.7. The number of carbonyl (C=O) groups excluding carboxylic acids is 2. The van der Waals surface area contributed by atoms with Crippen LogP contribution >= 0.6 is 0 Å². The highest BCUT2D eigenvalue weighted by atomic mass is 19.3. The molecular formula is C19H19F2NO4. The zero-order valence-electron chi connectivity index (χ0n) is 14.2. The molecule has 5 nitrogen and oxygen atoms in total. The van der Waals surface area contributed by atoms with E-state index in [1.54, 1.807) is 0 Å². The molecule has 26 heavy (non-hydrogen) atoms. The van der Waals surface area contributed by atoms with Crippen molar-refractivity contribution in [2.45, 2.75) is 19.6 Å². The normalized spacial score (nSPS) is 10.5. The molecule has 0 atom stereocenters. The quantitative estimate of drug-likeness (QED) is 0.674. The predicted octanol–water partition coefficient (Wildman–Crippen LogP) is 3.49. The number of hydrogen-bond donors (Lipinski definition) is 0. The molecule has 2 aromatic rings. The van der Waals surface area contributed by atoms with Crippen LogP contribution in [0.25, 0.3) is 0 Å². The molecule has 1 amide bonds. The average Bonchev–Trinajstić information content (AvgIpc) is 2.64. The topological polar surface area (TPSA) is 55.8 Å². The van der Waals surface area contributed by atoms with Crippen LogP contribution in [0, 0.1) is 0 Å². The van der Waals surface area contributed by atoms with Gasteiger partial charge in [0.2, 0.25) is 0 Å². The lowest BCUT2D eigenvalue weighted by atomic mass is 10.1. The fraction of sp³-hybridized carbons (Fsp3) is 0.263. The number of alkyl halides is 2. The van der Waals surface area contributed by atoms with E-state index < -0.39 is 18.5 Å². The molecule has 138 valence electrons. The van der Waals surface area contributed by atoms with Crippen LogP contribution in [-0.4, -0.2) is 37.0 Å². The molecule has 0 saturated carbocycles. The maximum atomic E-state index is 12.8. The average molecular weight is 363 g/mol. The Hall–Kier alpha value is -2.96. The molecule has 0 heterocycles. The first-order valence-electron chi connectivity index (χ1n) is 7.94. The van der Waals surface area contributed by atoms with E-state index in [1.807, 2.05) is 30.3 Å². The molecule has 7 heteroatoms. The first kappa shape index (κ1) is 19.4. The summed E-state index contributed by atoms with van der Waals surface area (Å²) in [5.74, 6) is -0.929. The molecule has 0 aliphatic carbocycles. The van der Waals surface area contributed by atoms with Gasteiger partial charge in [-0.25, -0.2) is 0 Å². The molecule has 0 saturated heterocycles. The fourth-order valence-corrected chi connectivity index (χ4v) is 2.37. The maximum absolute atomic E-state index is 12.8. The van der Waals surface area contributed by atoms with E-state index >= 15 is 0 Å². The molecule has 0 spiro atoms. The smallest absolute Gasteiger partial charge is 0.387 e. The Morgan fingerprint density at radius 2 is 1.81 bits per heavy atom. The summed E-state index contributed by atoms with van der Waals surface area (Å²) in [6.07, 6.45) is 0.0301. The standard InChI is InChI=1S/C19H19F2NO4/c1-25-17(23)10-11-22(13-14-6-3-2-4-7-14)18(24)15-8-5-9-16(12-15)26-19(20)21/h2-9,12,19H,10-11,13H2,1H3. The molecule has 0 aliphatic rings. The summed E-state index contributed by atoms with van der Waals surface area (Å²) >= 11 is 0. The Labute approximate surface area is 150 Å². The molecule has 0 bridgehead atoms. The van der Waals surface area contributed by atoms with Gasteiger partial charge in [-0.2, -0.15) is 8.78 Å². The number of nitrogens with zero attached hydrogens (tertiary/aromatic N) is 1. The van der Waals surface area contributed by atoms with E-state index in [9.17, 15) is 18.4 Å². The summed E-state index contributed by atoms with van der Waals surface area (Å²) in [6, 6.07) is 14.8. The predicted molar refractivity (Wildman–Crippen MR) is 90.9 cm³/mol. The number of benzene rings is 2. The van der Waals surface area contributed by atoms with Crippen LogP contribution in [0.1, 0.15) is 22.3 Å². The zero-order valence-corrected chi connectivity index (χ0v) is 14.2.